The topological polar surface area (TPSA) is 91.4 Å². The van der Waals surface area contributed by atoms with Crippen LogP contribution in [0.15, 0.2) is 93.3 Å². The lowest BCUT2D eigenvalue weighted by atomic mass is 9.91. The van der Waals surface area contributed by atoms with Gasteiger partial charge >= 0.3 is 0 Å². The number of hydrogen-bond acceptors (Lipinski definition) is 4. The first-order chi connectivity index (χ1) is 16.7. The molecule has 1 heterocycles. The Morgan fingerprint density at radius 1 is 1.03 bits per heavy atom. The van der Waals surface area contributed by atoms with Gasteiger partial charge in [-0.15, -0.1) is 4.40 Å². The highest BCUT2D eigenvalue weighted by molar-refractivity contribution is 7.90. The second-order valence-corrected chi connectivity index (χ2v) is 10.7. The van der Waals surface area contributed by atoms with E-state index in [0.717, 1.165) is 16.8 Å². The lowest BCUT2D eigenvalue weighted by Gasteiger charge is -2.25. The molecule has 0 bridgehead atoms. The number of nitrogens with zero attached hydrogens (tertiary/aromatic N) is 4. The predicted molar refractivity (Wildman–Crippen MR) is 144 cm³/mol. The van der Waals surface area contributed by atoms with Gasteiger partial charge in [-0.3, -0.25) is 4.90 Å². The number of halogens is 2. The lowest BCUT2D eigenvalue weighted by Crippen LogP contribution is -2.45. The van der Waals surface area contributed by atoms with Gasteiger partial charge in [0, 0.05) is 23.0 Å². The molecule has 0 spiro atoms. The quantitative estimate of drug-likeness (QED) is 0.290. The van der Waals surface area contributed by atoms with Crippen LogP contribution in [-0.4, -0.2) is 48.7 Å². The summed E-state index contributed by atoms with van der Waals surface area (Å²) < 4.78 is 30.4. The molecule has 0 aliphatic carbocycles. The minimum atomic E-state index is -4.12. The van der Waals surface area contributed by atoms with Crippen molar-refractivity contribution in [1.29, 1.82) is 0 Å². The second kappa shape index (κ2) is 10.3. The molecule has 0 radical (unpaired) electrons. The van der Waals surface area contributed by atoms with Crippen molar-refractivity contribution >= 4 is 62.2 Å². The molecule has 4 rings (SSSR count). The number of sulfonamides is 1. The molecule has 11 heteroatoms. The van der Waals surface area contributed by atoms with Crippen LogP contribution in [0.5, 0.6) is 0 Å². The maximum Gasteiger partial charge on any atom is 0.285 e. The van der Waals surface area contributed by atoms with E-state index in [2.05, 4.69) is 4.40 Å². The van der Waals surface area contributed by atoms with E-state index < -0.39 is 10.0 Å². The van der Waals surface area contributed by atoms with E-state index in [4.69, 9.17) is 46.3 Å². The SMILES string of the molecule is CN(C(N)=S)C(=NS(=O)(=O)c1ccc(Cl)cc1)N1CC(c2ccccc2)C(c2ccc(Cl)cc2)=N1. The first kappa shape index (κ1) is 25.1. The molecule has 3 aromatic carbocycles. The van der Waals surface area contributed by atoms with Crippen LogP contribution in [0.2, 0.25) is 10.0 Å². The molecule has 35 heavy (non-hydrogen) atoms. The van der Waals surface area contributed by atoms with Crippen molar-refractivity contribution in [2.75, 3.05) is 13.6 Å². The minimum absolute atomic E-state index is 0.0163. The molecule has 1 atom stereocenters. The first-order valence-corrected chi connectivity index (χ1v) is 13.1. The molecule has 1 unspecified atom stereocenters. The summed E-state index contributed by atoms with van der Waals surface area (Å²) in [5, 5.41) is 7.24. The Kier molecular flexibility index (Phi) is 7.42. The molecule has 3 aromatic rings. The van der Waals surface area contributed by atoms with Gasteiger partial charge in [-0.25, -0.2) is 5.01 Å². The first-order valence-electron chi connectivity index (χ1n) is 10.5. The van der Waals surface area contributed by atoms with Crippen molar-refractivity contribution in [2.45, 2.75) is 10.8 Å². The van der Waals surface area contributed by atoms with Crippen molar-refractivity contribution in [2.24, 2.45) is 15.2 Å². The Morgan fingerprint density at radius 2 is 1.60 bits per heavy atom. The summed E-state index contributed by atoms with van der Waals surface area (Å²) in [6.45, 7) is 0.323. The zero-order valence-corrected chi connectivity index (χ0v) is 21.7. The summed E-state index contributed by atoms with van der Waals surface area (Å²) in [6, 6.07) is 22.9. The largest absolute Gasteiger partial charge is 0.376 e. The van der Waals surface area contributed by atoms with Crippen LogP contribution in [0, 0.1) is 0 Å². The van der Waals surface area contributed by atoms with Crippen molar-refractivity contribution < 1.29 is 8.42 Å². The highest BCUT2D eigenvalue weighted by Gasteiger charge is 2.34. The Morgan fingerprint density at radius 3 is 2.17 bits per heavy atom. The smallest absolute Gasteiger partial charge is 0.285 e. The van der Waals surface area contributed by atoms with Gasteiger partial charge in [-0.05, 0) is 59.7 Å². The van der Waals surface area contributed by atoms with Crippen LogP contribution in [0.3, 0.4) is 0 Å². The van der Waals surface area contributed by atoms with E-state index in [9.17, 15) is 8.42 Å². The Bertz CT molecular complexity index is 1390. The Labute approximate surface area is 219 Å². The summed E-state index contributed by atoms with van der Waals surface area (Å²) in [6.07, 6.45) is 0. The van der Waals surface area contributed by atoms with E-state index in [1.165, 1.54) is 34.2 Å². The number of hydrazone groups is 1. The molecule has 0 saturated heterocycles. The molecule has 0 amide bonds. The third kappa shape index (κ3) is 5.65. The number of rotatable bonds is 4. The highest BCUT2D eigenvalue weighted by atomic mass is 35.5. The van der Waals surface area contributed by atoms with Gasteiger partial charge in [-0.2, -0.15) is 13.5 Å². The monoisotopic (exact) mass is 545 g/mol. The fraction of sp³-hybridized carbons (Fsp3) is 0.125. The summed E-state index contributed by atoms with van der Waals surface area (Å²) in [5.74, 6) is -0.182. The van der Waals surface area contributed by atoms with Gasteiger partial charge in [0.25, 0.3) is 10.0 Å². The zero-order valence-electron chi connectivity index (χ0n) is 18.5. The zero-order chi connectivity index (χ0) is 25.2. The molecular formula is C24H21Cl2N5O2S2. The summed E-state index contributed by atoms with van der Waals surface area (Å²) >= 11 is 17.1. The number of nitrogens with two attached hydrogens (primary N) is 1. The van der Waals surface area contributed by atoms with Gasteiger partial charge in [0.1, 0.15) is 0 Å². The van der Waals surface area contributed by atoms with Crippen LogP contribution in [0.1, 0.15) is 17.0 Å². The van der Waals surface area contributed by atoms with Gasteiger partial charge in [0.2, 0.25) is 5.96 Å². The van der Waals surface area contributed by atoms with Crippen molar-refractivity contribution in [3.63, 3.8) is 0 Å². The lowest BCUT2D eigenvalue weighted by molar-refractivity contribution is 0.429. The van der Waals surface area contributed by atoms with Crippen LogP contribution in [-0.2, 0) is 10.0 Å². The van der Waals surface area contributed by atoms with Crippen LogP contribution < -0.4 is 5.73 Å². The minimum Gasteiger partial charge on any atom is -0.376 e. The fourth-order valence-corrected chi connectivity index (χ4v) is 4.95. The van der Waals surface area contributed by atoms with Crippen molar-refractivity contribution in [3.05, 3.63) is 100 Å². The number of thiocarbonyl (C=S) groups is 1. The summed E-state index contributed by atoms with van der Waals surface area (Å²) in [5.41, 5.74) is 8.47. The third-order valence-corrected chi connectivity index (χ3v) is 7.48. The number of guanidine groups is 1. The molecule has 0 saturated carbocycles. The standard InChI is InChI=1S/C24H21Cl2N5O2S2/c1-30(23(27)34)24(29-35(32,33)20-13-11-19(26)12-14-20)31-15-21(16-5-3-2-4-6-16)22(28-31)17-7-9-18(25)10-8-17/h2-14,21H,15H2,1H3,(H2,27,34). The van der Waals surface area contributed by atoms with E-state index in [1.54, 1.807) is 19.2 Å². The fourth-order valence-electron chi connectivity index (χ4n) is 3.60. The average Bonchev–Trinajstić information content (AvgIpc) is 3.28. The third-order valence-electron chi connectivity index (χ3n) is 5.43. The van der Waals surface area contributed by atoms with E-state index >= 15 is 0 Å². The number of benzene rings is 3. The molecular weight excluding hydrogens is 525 g/mol. The summed E-state index contributed by atoms with van der Waals surface area (Å²) in [4.78, 5) is 1.30. The van der Waals surface area contributed by atoms with E-state index in [0.29, 0.717) is 16.6 Å². The normalized spacial score (nSPS) is 16.2. The maximum absolute atomic E-state index is 13.1. The predicted octanol–water partition coefficient (Wildman–Crippen LogP) is 4.72. The van der Waals surface area contributed by atoms with E-state index in [1.807, 2.05) is 42.5 Å². The summed E-state index contributed by atoms with van der Waals surface area (Å²) in [7, 11) is -2.57. The maximum atomic E-state index is 13.1. The van der Waals surface area contributed by atoms with Crippen molar-refractivity contribution in [3.8, 4) is 0 Å². The van der Waals surface area contributed by atoms with Gasteiger partial charge < -0.3 is 5.73 Å². The molecule has 1 aliphatic heterocycles. The Hall–Kier alpha value is -2.98. The van der Waals surface area contributed by atoms with Crippen LogP contribution in [0.4, 0.5) is 0 Å². The Balaban J connectivity index is 1.82. The van der Waals surface area contributed by atoms with Gasteiger partial charge in [0.05, 0.1) is 17.2 Å². The number of hydrogen-bond donors (Lipinski definition) is 1. The molecule has 0 aromatic heterocycles. The van der Waals surface area contributed by atoms with Gasteiger partial charge in [-0.1, -0.05) is 65.7 Å². The molecule has 2 N–H and O–H groups in total. The molecule has 7 nitrogen and oxygen atoms in total. The average molecular weight is 547 g/mol. The van der Waals surface area contributed by atoms with Crippen molar-refractivity contribution in [1.82, 2.24) is 9.91 Å². The van der Waals surface area contributed by atoms with Gasteiger partial charge in [0.15, 0.2) is 5.11 Å². The van der Waals surface area contributed by atoms with Crippen LogP contribution >= 0.6 is 35.4 Å². The van der Waals surface area contributed by atoms with E-state index in [-0.39, 0.29) is 21.9 Å². The molecule has 180 valence electrons. The second-order valence-electron chi connectivity index (χ2n) is 7.76. The molecule has 1 aliphatic rings. The molecule has 0 fully saturated rings. The highest BCUT2D eigenvalue weighted by Crippen LogP contribution is 2.30. The van der Waals surface area contributed by atoms with Crippen LogP contribution in [0.25, 0.3) is 0 Å².